The Kier molecular flexibility index (Phi) is 6.39. The first kappa shape index (κ1) is 20.4. The number of aromatic nitrogens is 2. The van der Waals surface area contributed by atoms with Crippen molar-refractivity contribution >= 4 is 27.9 Å². The number of urea groups is 1. The number of amides is 3. The van der Waals surface area contributed by atoms with Gasteiger partial charge in [0.2, 0.25) is 5.91 Å². The molecule has 2 heterocycles. The van der Waals surface area contributed by atoms with Gasteiger partial charge in [-0.25, -0.2) is 9.78 Å². The standard InChI is InChI=1S/C20H26BrN5O2/c1-12(2)17(25-20(28)22-3)19(27)26-10-4-5-16(26)18-23-11-15(24-18)13-6-8-14(21)9-7-13/h6-9,11-12,16-17H,4-5,10H2,1-3H3,(H,23,24)(H2,22,25,28)/t16-,17-/m0/s1. The fourth-order valence-electron chi connectivity index (χ4n) is 3.50. The van der Waals surface area contributed by atoms with E-state index in [1.165, 1.54) is 0 Å². The molecule has 0 unspecified atom stereocenters. The maximum absolute atomic E-state index is 13.2. The fourth-order valence-corrected chi connectivity index (χ4v) is 3.76. The molecule has 150 valence electrons. The molecule has 0 saturated carbocycles. The largest absolute Gasteiger partial charge is 0.346 e. The number of nitrogens with one attached hydrogen (secondary N) is 3. The van der Waals surface area contributed by atoms with Crippen molar-refractivity contribution in [3.05, 3.63) is 40.8 Å². The fraction of sp³-hybridized carbons (Fsp3) is 0.450. The predicted octanol–water partition coefficient (Wildman–Crippen LogP) is 3.46. The van der Waals surface area contributed by atoms with Gasteiger partial charge in [-0.3, -0.25) is 4.79 Å². The van der Waals surface area contributed by atoms with Gasteiger partial charge in [-0.1, -0.05) is 41.9 Å². The molecular weight excluding hydrogens is 422 g/mol. The number of aromatic amines is 1. The summed E-state index contributed by atoms with van der Waals surface area (Å²) in [6, 6.07) is 6.94. The molecule has 3 rings (SSSR count). The van der Waals surface area contributed by atoms with Gasteiger partial charge < -0.3 is 20.5 Å². The number of H-pyrrole nitrogens is 1. The van der Waals surface area contributed by atoms with Crippen molar-refractivity contribution in [2.24, 2.45) is 5.92 Å². The number of carbonyl (C=O) groups excluding carboxylic acids is 2. The molecule has 1 saturated heterocycles. The van der Waals surface area contributed by atoms with Gasteiger partial charge >= 0.3 is 6.03 Å². The maximum atomic E-state index is 13.2. The highest BCUT2D eigenvalue weighted by Crippen LogP contribution is 2.32. The van der Waals surface area contributed by atoms with Gasteiger partial charge in [0.25, 0.3) is 0 Å². The summed E-state index contributed by atoms with van der Waals surface area (Å²) in [6.07, 6.45) is 3.64. The SMILES string of the molecule is CNC(=O)N[C@H](C(=O)N1CCC[C@H]1c1nc(-c2ccc(Br)cc2)c[nH]1)C(C)C. The molecule has 8 heteroatoms. The summed E-state index contributed by atoms with van der Waals surface area (Å²) < 4.78 is 1.02. The van der Waals surface area contributed by atoms with Crippen molar-refractivity contribution in [2.75, 3.05) is 13.6 Å². The van der Waals surface area contributed by atoms with Crippen LogP contribution in [0.5, 0.6) is 0 Å². The number of halogens is 1. The van der Waals surface area contributed by atoms with Crippen LogP contribution in [0.2, 0.25) is 0 Å². The summed E-state index contributed by atoms with van der Waals surface area (Å²) in [6.45, 7) is 4.53. The van der Waals surface area contributed by atoms with Crippen LogP contribution in [-0.2, 0) is 4.79 Å². The third kappa shape index (κ3) is 4.38. The quantitative estimate of drug-likeness (QED) is 0.655. The summed E-state index contributed by atoms with van der Waals surface area (Å²) >= 11 is 3.44. The summed E-state index contributed by atoms with van der Waals surface area (Å²) in [5, 5.41) is 5.30. The topological polar surface area (TPSA) is 90.1 Å². The van der Waals surface area contributed by atoms with Gasteiger partial charge in [0, 0.05) is 29.8 Å². The number of hydrogen-bond acceptors (Lipinski definition) is 3. The van der Waals surface area contributed by atoms with E-state index >= 15 is 0 Å². The monoisotopic (exact) mass is 447 g/mol. The summed E-state index contributed by atoms with van der Waals surface area (Å²) in [5.41, 5.74) is 1.87. The van der Waals surface area contributed by atoms with Gasteiger partial charge in [-0.2, -0.15) is 0 Å². The second-order valence-corrected chi connectivity index (χ2v) is 8.23. The zero-order valence-corrected chi connectivity index (χ0v) is 17.9. The van der Waals surface area contributed by atoms with Crippen LogP contribution in [0.4, 0.5) is 4.79 Å². The Morgan fingerprint density at radius 3 is 2.64 bits per heavy atom. The smallest absolute Gasteiger partial charge is 0.315 e. The minimum atomic E-state index is -0.568. The molecule has 2 atom stereocenters. The number of likely N-dealkylation sites (tertiary alicyclic amines) is 1. The van der Waals surface area contributed by atoms with E-state index in [0.29, 0.717) is 6.54 Å². The summed E-state index contributed by atoms with van der Waals surface area (Å²) in [5.74, 6) is 0.704. The van der Waals surface area contributed by atoms with Crippen LogP contribution in [0, 0.1) is 5.92 Å². The molecule has 0 spiro atoms. The molecule has 2 aromatic rings. The van der Waals surface area contributed by atoms with E-state index in [1.54, 1.807) is 7.05 Å². The average molecular weight is 448 g/mol. The third-order valence-corrected chi connectivity index (χ3v) is 5.56. The van der Waals surface area contributed by atoms with Crippen molar-refractivity contribution < 1.29 is 9.59 Å². The van der Waals surface area contributed by atoms with E-state index in [1.807, 2.05) is 49.2 Å². The Balaban J connectivity index is 1.79. The predicted molar refractivity (Wildman–Crippen MR) is 112 cm³/mol. The molecule has 1 aliphatic heterocycles. The summed E-state index contributed by atoms with van der Waals surface area (Å²) in [7, 11) is 1.54. The number of rotatable bonds is 5. The van der Waals surface area contributed by atoms with Crippen LogP contribution < -0.4 is 10.6 Å². The second-order valence-electron chi connectivity index (χ2n) is 7.31. The van der Waals surface area contributed by atoms with Crippen molar-refractivity contribution in [1.82, 2.24) is 25.5 Å². The molecular formula is C20H26BrN5O2. The zero-order valence-electron chi connectivity index (χ0n) is 16.3. The van der Waals surface area contributed by atoms with E-state index in [2.05, 4.69) is 31.5 Å². The number of carbonyl (C=O) groups is 2. The van der Waals surface area contributed by atoms with E-state index in [9.17, 15) is 9.59 Å². The molecule has 1 fully saturated rings. The van der Waals surface area contributed by atoms with Crippen molar-refractivity contribution in [1.29, 1.82) is 0 Å². The van der Waals surface area contributed by atoms with Gasteiger partial charge in [0.05, 0.1) is 11.7 Å². The Morgan fingerprint density at radius 2 is 2.00 bits per heavy atom. The van der Waals surface area contributed by atoms with Crippen LogP contribution in [0.25, 0.3) is 11.3 Å². The lowest BCUT2D eigenvalue weighted by Crippen LogP contribution is -2.53. The Hall–Kier alpha value is -2.35. The molecule has 1 aromatic heterocycles. The van der Waals surface area contributed by atoms with E-state index in [0.717, 1.165) is 34.4 Å². The van der Waals surface area contributed by atoms with Crippen molar-refractivity contribution in [3.8, 4) is 11.3 Å². The van der Waals surface area contributed by atoms with Crippen molar-refractivity contribution in [3.63, 3.8) is 0 Å². The lowest BCUT2D eigenvalue weighted by atomic mass is 10.0. The lowest BCUT2D eigenvalue weighted by molar-refractivity contribution is -0.135. The minimum absolute atomic E-state index is 0.0130. The van der Waals surface area contributed by atoms with Gasteiger partial charge in [-0.15, -0.1) is 0 Å². The molecule has 3 N–H and O–H groups in total. The third-order valence-electron chi connectivity index (χ3n) is 5.04. The van der Waals surface area contributed by atoms with E-state index in [4.69, 9.17) is 4.98 Å². The first-order chi connectivity index (χ1) is 13.4. The Bertz CT molecular complexity index is 833. The first-order valence-electron chi connectivity index (χ1n) is 9.50. The zero-order chi connectivity index (χ0) is 20.3. The molecule has 28 heavy (non-hydrogen) atoms. The second kappa shape index (κ2) is 8.77. The molecule has 0 radical (unpaired) electrons. The van der Waals surface area contributed by atoms with Crippen LogP contribution in [-0.4, -0.2) is 46.4 Å². The molecule has 0 aliphatic carbocycles. The molecule has 7 nitrogen and oxygen atoms in total. The molecule has 0 bridgehead atoms. The van der Waals surface area contributed by atoms with Gasteiger partial charge in [0.15, 0.2) is 0 Å². The van der Waals surface area contributed by atoms with Gasteiger partial charge in [-0.05, 0) is 30.9 Å². The van der Waals surface area contributed by atoms with Crippen LogP contribution in [0.1, 0.15) is 38.6 Å². The number of benzene rings is 1. The maximum Gasteiger partial charge on any atom is 0.315 e. The van der Waals surface area contributed by atoms with Crippen LogP contribution in [0.15, 0.2) is 34.9 Å². The van der Waals surface area contributed by atoms with Crippen LogP contribution >= 0.6 is 15.9 Å². The number of nitrogens with zero attached hydrogens (tertiary/aromatic N) is 2. The number of imidazole rings is 1. The highest BCUT2D eigenvalue weighted by molar-refractivity contribution is 9.10. The highest BCUT2D eigenvalue weighted by Gasteiger charge is 2.37. The number of hydrogen-bond donors (Lipinski definition) is 3. The van der Waals surface area contributed by atoms with E-state index < -0.39 is 6.04 Å². The minimum Gasteiger partial charge on any atom is -0.346 e. The molecule has 3 amide bonds. The molecule has 1 aliphatic rings. The summed E-state index contributed by atoms with van der Waals surface area (Å²) in [4.78, 5) is 34.8. The van der Waals surface area contributed by atoms with E-state index in [-0.39, 0.29) is 23.9 Å². The normalized spacial score (nSPS) is 17.6. The highest BCUT2D eigenvalue weighted by atomic mass is 79.9. The Labute approximate surface area is 173 Å². The molecule has 1 aromatic carbocycles. The van der Waals surface area contributed by atoms with Crippen molar-refractivity contribution in [2.45, 2.75) is 38.8 Å². The Morgan fingerprint density at radius 1 is 1.29 bits per heavy atom. The van der Waals surface area contributed by atoms with Crippen LogP contribution in [0.3, 0.4) is 0 Å². The average Bonchev–Trinajstić information content (AvgIpc) is 3.34. The van der Waals surface area contributed by atoms with Gasteiger partial charge in [0.1, 0.15) is 11.9 Å². The first-order valence-corrected chi connectivity index (χ1v) is 10.3. The lowest BCUT2D eigenvalue weighted by Gasteiger charge is -2.30.